The average Bonchev–Trinajstić information content (AvgIpc) is 3.89. The SMILES string of the molecule is CC(C)(C)OC(=O)N1CCC[C@H]1c1nc2ccc(-c3ccc4c(c3)C(F)(F)c3cc(NC(=O)[C@@H]5C[C@@H]6CCCC[C@@H]6N5C(=O)OC(C)(C)C)ccc3-4)cc2[nH]1. The number of nitrogens with zero attached hydrogens (tertiary/aromatic N) is 3. The Morgan fingerprint density at radius 3 is 2.22 bits per heavy atom. The summed E-state index contributed by atoms with van der Waals surface area (Å²) in [7, 11) is 0. The maximum absolute atomic E-state index is 16.4. The second-order valence-electron chi connectivity index (χ2n) is 17.5. The number of amides is 3. The van der Waals surface area contributed by atoms with Crippen molar-refractivity contribution in [2.75, 3.05) is 11.9 Å². The zero-order valence-electron chi connectivity index (χ0n) is 32.3. The Bertz CT molecular complexity index is 2190. The summed E-state index contributed by atoms with van der Waals surface area (Å²) in [6.45, 7) is 11.5. The van der Waals surface area contributed by atoms with Crippen molar-refractivity contribution in [3.05, 3.63) is 71.5 Å². The fraction of sp³-hybridized carbons (Fsp3) is 0.488. The van der Waals surface area contributed by atoms with Crippen LogP contribution in [0.15, 0.2) is 54.6 Å². The summed E-state index contributed by atoms with van der Waals surface area (Å²) in [4.78, 5) is 51.6. The molecule has 3 fully saturated rings. The molecule has 4 aliphatic rings. The lowest BCUT2D eigenvalue weighted by atomic mass is 9.85. The molecular formula is C43H49F2N5O5. The predicted octanol–water partition coefficient (Wildman–Crippen LogP) is 9.93. The number of halogens is 2. The molecule has 290 valence electrons. The van der Waals surface area contributed by atoms with E-state index >= 15 is 8.78 Å². The number of likely N-dealkylation sites (tertiary alicyclic amines) is 2. The van der Waals surface area contributed by atoms with E-state index in [-0.39, 0.29) is 40.9 Å². The second kappa shape index (κ2) is 13.3. The lowest BCUT2D eigenvalue weighted by Gasteiger charge is -2.34. The van der Waals surface area contributed by atoms with Crippen LogP contribution in [-0.2, 0) is 20.2 Å². The van der Waals surface area contributed by atoms with Crippen LogP contribution < -0.4 is 5.32 Å². The molecule has 3 aromatic carbocycles. The molecule has 2 aliphatic heterocycles. The number of carbonyl (C=O) groups excluding carboxylic acids is 3. The fourth-order valence-corrected chi connectivity index (χ4v) is 8.93. The number of hydrogen-bond donors (Lipinski definition) is 2. The van der Waals surface area contributed by atoms with Crippen LogP contribution in [0.2, 0.25) is 0 Å². The van der Waals surface area contributed by atoms with Gasteiger partial charge in [-0.15, -0.1) is 0 Å². The van der Waals surface area contributed by atoms with E-state index in [0.717, 1.165) is 49.6 Å². The van der Waals surface area contributed by atoms with Crippen LogP contribution in [0.5, 0.6) is 0 Å². The number of benzene rings is 3. The largest absolute Gasteiger partial charge is 0.444 e. The Kier molecular flexibility index (Phi) is 8.96. The second-order valence-corrected chi connectivity index (χ2v) is 17.5. The van der Waals surface area contributed by atoms with Gasteiger partial charge in [-0.1, -0.05) is 37.1 Å². The molecule has 1 aromatic heterocycles. The van der Waals surface area contributed by atoms with Gasteiger partial charge in [0.2, 0.25) is 5.91 Å². The Balaban J connectivity index is 1.02. The maximum atomic E-state index is 16.4. The summed E-state index contributed by atoms with van der Waals surface area (Å²) in [5.74, 6) is -2.85. The van der Waals surface area contributed by atoms with E-state index in [1.165, 1.54) is 12.1 Å². The molecule has 2 N–H and O–H groups in total. The van der Waals surface area contributed by atoms with E-state index in [1.54, 1.807) is 48.8 Å². The smallest absolute Gasteiger partial charge is 0.411 e. The van der Waals surface area contributed by atoms with Gasteiger partial charge in [-0.2, -0.15) is 8.78 Å². The van der Waals surface area contributed by atoms with Crippen molar-refractivity contribution >= 4 is 34.8 Å². The lowest BCUT2D eigenvalue weighted by Crippen LogP contribution is -2.49. The van der Waals surface area contributed by atoms with Gasteiger partial charge in [-0.25, -0.2) is 14.6 Å². The molecule has 12 heteroatoms. The topological polar surface area (TPSA) is 117 Å². The third-order valence-electron chi connectivity index (χ3n) is 11.3. The van der Waals surface area contributed by atoms with E-state index in [4.69, 9.17) is 14.5 Å². The highest BCUT2D eigenvalue weighted by Crippen LogP contribution is 2.53. The van der Waals surface area contributed by atoms with Gasteiger partial charge in [0.25, 0.3) is 5.92 Å². The van der Waals surface area contributed by atoms with Gasteiger partial charge in [-0.3, -0.25) is 14.6 Å². The number of ether oxygens (including phenoxy) is 2. The molecule has 2 saturated heterocycles. The Hall–Kier alpha value is -5.00. The highest BCUT2D eigenvalue weighted by atomic mass is 19.3. The van der Waals surface area contributed by atoms with Gasteiger partial charge in [0.05, 0.1) is 17.1 Å². The minimum atomic E-state index is -3.31. The number of rotatable bonds is 4. The van der Waals surface area contributed by atoms with Crippen LogP contribution in [0.1, 0.15) is 109 Å². The van der Waals surface area contributed by atoms with Crippen LogP contribution in [-0.4, -0.2) is 67.7 Å². The number of anilines is 1. The normalized spacial score (nSPS) is 23.0. The van der Waals surface area contributed by atoms with Crippen LogP contribution in [0.3, 0.4) is 0 Å². The zero-order chi connectivity index (χ0) is 39.0. The highest BCUT2D eigenvalue weighted by Gasteiger charge is 2.49. The summed E-state index contributed by atoms with van der Waals surface area (Å²) in [5.41, 5.74) is 2.31. The molecular weight excluding hydrogens is 704 g/mol. The molecule has 0 radical (unpaired) electrons. The quantitative estimate of drug-likeness (QED) is 0.214. The molecule has 10 nitrogen and oxygen atoms in total. The molecule has 4 aromatic rings. The highest BCUT2D eigenvalue weighted by molar-refractivity contribution is 5.98. The van der Waals surface area contributed by atoms with E-state index < -0.39 is 35.2 Å². The third-order valence-corrected chi connectivity index (χ3v) is 11.3. The number of hydrogen-bond acceptors (Lipinski definition) is 6. The van der Waals surface area contributed by atoms with Crippen LogP contribution >= 0.6 is 0 Å². The first-order valence-corrected chi connectivity index (χ1v) is 19.5. The number of fused-ring (bicyclic) bond motifs is 5. The molecule has 0 spiro atoms. The Morgan fingerprint density at radius 1 is 0.818 bits per heavy atom. The average molecular weight is 754 g/mol. The van der Waals surface area contributed by atoms with Crippen molar-refractivity contribution in [3.63, 3.8) is 0 Å². The first-order valence-electron chi connectivity index (χ1n) is 19.5. The molecule has 0 unspecified atom stereocenters. The number of aromatic nitrogens is 2. The van der Waals surface area contributed by atoms with E-state index in [0.29, 0.717) is 41.0 Å². The van der Waals surface area contributed by atoms with Gasteiger partial charge in [0, 0.05) is 29.4 Å². The van der Waals surface area contributed by atoms with Gasteiger partial charge in [-0.05, 0) is 132 Å². The van der Waals surface area contributed by atoms with Crippen molar-refractivity contribution in [3.8, 4) is 22.3 Å². The number of aromatic amines is 1. The molecule has 4 atom stereocenters. The summed E-state index contributed by atoms with van der Waals surface area (Å²) in [6, 6.07) is 14.3. The lowest BCUT2D eigenvalue weighted by molar-refractivity contribution is -0.120. The van der Waals surface area contributed by atoms with E-state index in [1.807, 2.05) is 45.0 Å². The summed E-state index contributed by atoms with van der Waals surface area (Å²) in [5, 5.41) is 2.87. The van der Waals surface area contributed by atoms with Crippen LogP contribution in [0.25, 0.3) is 33.3 Å². The number of carbonyl (C=O) groups is 3. The Morgan fingerprint density at radius 2 is 1.47 bits per heavy atom. The number of nitrogens with one attached hydrogen (secondary N) is 2. The summed E-state index contributed by atoms with van der Waals surface area (Å²) < 4.78 is 44.1. The minimum absolute atomic E-state index is 0.0785. The first-order chi connectivity index (χ1) is 26.0. The first kappa shape index (κ1) is 36.9. The molecule has 3 amide bonds. The van der Waals surface area contributed by atoms with Gasteiger partial charge in [0.1, 0.15) is 23.1 Å². The Labute approximate surface area is 320 Å². The van der Waals surface area contributed by atoms with Crippen molar-refractivity contribution in [2.45, 2.75) is 122 Å². The van der Waals surface area contributed by atoms with Crippen molar-refractivity contribution in [1.29, 1.82) is 0 Å². The van der Waals surface area contributed by atoms with Crippen molar-refractivity contribution < 1.29 is 32.6 Å². The van der Waals surface area contributed by atoms with Gasteiger partial charge >= 0.3 is 12.2 Å². The number of alkyl halides is 2. The molecule has 55 heavy (non-hydrogen) atoms. The number of imidazole rings is 1. The standard InChI is InChI=1S/C43H49F2N5O5/c1-41(2,3)54-39(52)49-19-9-12-35(49)37-47-32-18-14-25(21-33(32)48-37)24-13-16-28-29-17-15-27(23-31(29)43(44,45)30(28)20-24)46-38(51)36-22-26-10-7-8-11-34(26)50(36)40(53)55-42(4,5)6/h13-18,20-21,23,26,34-36H,7-12,19,22H2,1-6H3,(H,46,51)(H,47,48)/t26-,34-,35-,36-/m0/s1. The van der Waals surface area contributed by atoms with Crippen LogP contribution in [0.4, 0.5) is 24.1 Å². The number of H-pyrrole nitrogens is 1. The minimum Gasteiger partial charge on any atom is -0.444 e. The summed E-state index contributed by atoms with van der Waals surface area (Å²) in [6.07, 6.45) is 4.99. The maximum Gasteiger partial charge on any atom is 0.411 e. The van der Waals surface area contributed by atoms with Gasteiger partial charge in [0.15, 0.2) is 0 Å². The van der Waals surface area contributed by atoms with Crippen molar-refractivity contribution in [2.24, 2.45) is 5.92 Å². The monoisotopic (exact) mass is 753 g/mol. The van der Waals surface area contributed by atoms with Crippen molar-refractivity contribution in [1.82, 2.24) is 19.8 Å². The zero-order valence-corrected chi connectivity index (χ0v) is 32.3. The van der Waals surface area contributed by atoms with E-state index in [9.17, 15) is 14.4 Å². The predicted molar refractivity (Wildman–Crippen MR) is 206 cm³/mol. The van der Waals surface area contributed by atoms with Crippen LogP contribution in [0, 0.1) is 5.92 Å². The summed E-state index contributed by atoms with van der Waals surface area (Å²) >= 11 is 0. The third kappa shape index (κ3) is 6.93. The fourth-order valence-electron chi connectivity index (χ4n) is 8.93. The molecule has 2 aliphatic carbocycles. The van der Waals surface area contributed by atoms with E-state index in [2.05, 4.69) is 10.3 Å². The molecule has 1 saturated carbocycles. The van der Waals surface area contributed by atoms with Gasteiger partial charge < -0.3 is 19.8 Å². The molecule has 3 heterocycles. The molecule has 0 bridgehead atoms. The molecule has 8 rings (SSSR count).